The molecule has 3 nitrogen and oxygen atoms in total. The summed E-state index contributed by atoms with van der Waals surface area (Å²) in [6, 6.07) is 0. The molecule has 0 saturated carbocycles. The predicted molar refractivity (Wildman–Crippen MR) is 86.4 cm³/mol. The predicted octanol–water partition coefficient (Wildman–Crippen LogP) is 4.33. The van der Waals surface area contributed by atoms with Gasteiger partial charge in [0, 0.05) is 26.2 Å². The van der Waals surface area contributed by atoms with Crippen LogP contribution in [-0.2, 0) is 13.3 Å². The maximum absolute atomic E-state index is 5.99. The molecule has 0 rings (SSSR count). The van der Waals surface area contributed by atoms with Crippen LogP contribution in [0.15, 0.2) is 0 Å². The topological polar surface area (TPSA) is 27.7 Å². The third-order valence-corrected chi connectivity index (χ3v) is 5.02. The average molecular weight is 301 g/mol. The molecule has 0 unspecified atom stereocenters. The minimum atomic E-state index is -2.79. The largest absolute Gasteiger partial charge is 0.591 e. The standard InChI is InChI=1S/C16H32O3Si/c1-5-9-13-17-20(16-12-8-4,18-14-10-6-2)19-15-11-7-3/h5-11,13-15H2,1-4H3. The van der Waals surface area contributed by atoms with Crippen molar-refractivity contribution in [2.24, 2.45) is 0 Å². The molecule has 0 N–H and O–H groups in total. The Hall–Kier alpha value is -0.343. The van der Waals surface area contributed by atoms with E-state index in [1.807, 2.05) is 6.92 Å². The van der Waals surface area contributed by atoms with Crippen LogP contribution < -0.4 is 0 Å². The van der Waals surface area contributed by atoms with E-state index in [4.69, 9.17) is 13.3 Å². The Morgan fingerprint density at radius 1 is 0.700 bits per heavy atom. The summed E-state index contributed by atoms with van der Waals surface area (Å²) in [5, 5.41) is 0. The molecule has 0 atom stereocenters. The van der Waals surface area contributed by atoms with Gasteiger partial charge < -0.3 is 13.3 Å². The molecule has 0 bridgehead atoms. The summed E-state index contributed by atoms with van der Waals surface area (Å²) < 4.78 is 18.0. The van der Waals surface area contributed by atoms with Crippen LogP contribution in [0.2, 0.25) is 0 Å². The monoisotopic (exact) mass is 300 g/mol. The smallest absolute Gasteiger partial charge is 0.364 e. The second-order valence-corrected chi connectivity index (χ2v) is 7.05. The molecule has 0 aliphatic rings. The zero-order chi connectivity index (χ0) is 15.1. The number of hydrogen-bond acceptors (Lipinski definition) is 3. The molecule has 0 aromatic rings. The molecular formula is C16H32O3Si. The van der Waals surface area contributed by atoms with Crippen LogP contribution in [0.4, 0.5) is 0 Å². The van der Waals surface area contributed by atoms with E-state index >= 15 is 0 Å². The van der Waals surface area contributed by atoms with Crippen molar-refractivity contribution >= 4 is 8.80 Å². The Morgan fingerprint density at radius 2 is 1.10 bits per heavy atom. The Bertz CT molecular complexity index is 244. The van der Waals surface area contributed by atoms with Crippen LogP contribution in [0, 0.1) is 11.5 Å². The molecule has 118 valence electrons. The fraction of sp³-hybridized carbons (Fsp3) is 0.875. The lowest BCUT2D eigenvalue weighted by Crippen LogP contribution is -2.46. The third-order valence-electron chi connectivity index (χ3n) is 2.79. The highest BCUT2D eigenvalue weighted by molar-refractivity contribution is 6.69. The first-order valence-corrected chi connectivity index (χ1v) is 9.89. The Morgan fingerprint density at radius 3 is 1.40 bits per heavy atom. The van der Waals surface area contributed by atoms with Crippen LogP contribution in [-0.4, -0.2) is 28.6 Å². The van der Waals surface area contributed by atoms with E-state index in [-0.39, 0.29) is 0 Å². The quantitative estimate of drug-likeness (QED) is 0.305. The van der Waals surface area contributed by atoms with E-state index in [2.05, 4.69) is 32.2 Å². The summed E-state index contributed by atoms with van der Waals surface area (Å²) in [5.41, 5.74) is 3.18. The van der Waals surface area contributed by atoms with Crippen molar-refractivity contribution in [3.8, 4) is 11.5 Å². The van der Waals surface area contributed by atoms with E-state index < -0.39 is 8.80 Å². The number of rotatable bonds is 12. The molecule has 0 fully saturated rings. The molecule has 0 aliphatic heterocycles. The molecule has 0 amide bonds. The Balaban J connectivity index is 4.66. The second kappa shape index (κ2) is 13.6. The van der Waals surface area contributed by atoms with Gasteiger partial charge in [0.05, 0.1) is 0 Å². The van der Waals surface area contributed by atoms with Gasteiger partial charge in [0.15, 0.2) is 0 Å². The van der Waals surface area contributed by atoms with Gasteiger partial charge in [-0.15, -0.1) is 5.92 Å². The lowest BCUT2D eigenvalue weighted by molar-refractivity contribution is 0.0711. The zero-order valence-electron chi connectivity index (χ0n) is 13.8. The molecule has 0 aromatic carbocycles. The number of hydrogen-bond donors (Lipinski definition) is 0. The van der Waals surface area contributed by atoms with Gasteiger partial charge in [0.2, 0.25) is 0 Å². The van der Waals surface area contributed by atoms with E-state index in [0.29, 0.717) is 19.8 Å². The molecule has 0 aliphatic carbocycles. The van der Waals surface area contributed by atoms with Gasteiger partial charge in [-0.25, -0.2) is 0 Å². The van der Waals surface area contributed by atoms with Gasteiger partial charge in [-0.3, -0.25) is 0 Å². The minimum Gasteiger partial charge on any atom is -0.364 e. The van der Waals surface area contributed by atoms with Crippen molar-refractivity contribution in [1.82, 2.24) is 0 Å². The van der Waals surface area contributed by atoms with Crippen LogP contribution in [0.1, 0.15) is 72.6 Å². The maximum atomic E-state index is 5.99. The summed E-state index contributed by atoms with van der Waals surface area (Å²) in [5.74, 6) is 3.11. The van der Waals surface area contributed by atoms with E-state index in [0.717, 1.165) is 44.9 Å². The highest BCUT2D eigenvalue weighted by atomic mass is 28.4. The first kappa shape index (κ1) is 19.7. The fourth-order valence-corrected chi connectivity index (χ4v) is 3.58. The first-order chi connectivity index (χ1) is 9.74. The first-order valence-electron chi connectivity index (χ1n) is 8.16. The van der Waals surface area contributed by atoms with Crippen LogP contribution >= 0.6 is 0 Å². The molecule has 0 saturated heterocycles. The van der Waals surface area contributed by atoms with Crippen molar-refractivity contribution in [2.45, 2.75) is 72.6 Å². The maximum Gasteiger partial charge on any atom is 0.591 e. The molecule has 20 heavy (non-hydrogen) atoms. The molecule has 0 spiro atoms. The van der Waals surface area contributed by atoms with Gasteiger partial charge >= 0.3 is 8.80 Å². The Kier molecular flexibility index (Phi) is 13.4. The minimum absolute atomic E-state index is 0.680. The van der Waals surface area contributed by atoms with Crippen molar-refractivity contribution in [1.29, 1.82) is 0 Å². The highest BCUT2D eigenvalue weighted by Gasteiger charge is 2.40. The van der Waals surface area contributed by atoms with Gasteiger partial charge in [-0.05, 0) is 24.8 Å². The van der Waals surface area contributed by atoms with Gasteiger partial charge in [0.25, 0.3) is 0 Å². The van der Waals surface area contributed by atoms with Crippen LogP contribution in [0.25, 0.3) is 0 Å². The van der Waals surface area contributed by atoms with Crippen LogP contribution in [0.5, 0.6) is 0 Å². The fourth-order valence-electron chi connectivity index (χ4n) is 1.48. The highest BCUT2D eigenvalue weighted by Crippen LogP contribution is 2.12. The van der Waals surface area contributed by atoms with Crippen molar-refractivity contribution in [3.05, 3.63) is 0 Å². The zero-order valence-corrected chi connectivity index (χ0v) is 14.8. The van der Waals surface area contributed by atoms with Crippen molar-refractivity contribution in [2.75, 3.05) is 19.8 Å². The van der Waals surface area contributed by atoms with E-state index in [1.165, 1.54) is 0 Å². The molecule has 4 heteroatoms. The van der Waals surface area contributed by atoms with Gasteiger partial charge in [-0.2, -0.15) is 0 Å². The molecule has 0 radical (unpaired) electrons. The second-order valence-electron chi connectivity index (χ2n) is 4.82. The normalized spacial score (nSPS) is 11.2. The summed E-state index contributed by atoms with van der Waals surface area (Å²) >= 11 is 0. The summed E-state index contributed by atoms with van der Waals surface area (Å²) in [6.07, 6.45) is 7.20. The van der Waals surface area contributed by atoms with Crippen molar-refractivity contribution < 1.29 is 13.3 Å². The lowest BCUT2D eigenvalue weighted by Gasteiger charge is -2.24. The summed E-state index contributed by atoms with van der Waals surface area (Å²) in [4.78, 5) is 0. The summed E-state index contributed by atoms with van der Waals surface area (Å²) in [6.45, 7) is 10.5. The SMILES string of the molecule is CCC#C[Si](OCCCC)(OCCCC)OCCCC. The molecular weight excluding hydrogens is 268 g/mol. The van der Waals surface area contributed by atoms with E-state index in [1.54, 1.807) is 0 Å². The molecule has 0 aromatic heterocycles. The Labute approximate surface area is 126 Å². The van der Waals surface area contributed by atoms with E-state index in [9.17, 15) is 0 Å². The van der Waals surface area contributed by atoms with Gasteiger partial charge in [-0.1, -0.05) is 47.0 Å². The third kappa shape index (κ3) is 9.54. The average Bonchev–Trinajstić information content (AvgIpc) is 2.46. The van der Waals surface area contributed by atoms with Crippen molar-refractivity contribution in [3.63, 3.8) is 0 Å². The summed E-state index contributed by atoms with van der Waals surface area (Å²) in [7, 11) is -2.79. The van der Waals surface area contributed by atoms with Crippen LogP contribution in [0.3, 0.4) is 0 Å². The number of unbranched alkanes of at least 4 members (excludes halogenated alkanes) is 3. The van der Waals surface area contributed by atoms with Gasteiger partial charge in [0.1, 0.15) is 0 Å². The lowest BCUT2D eigenvalue weighted by atomic mass is 10.4. The molecule has 0 heterocycles.